The second-order valence-corrected chi connectivity index (χ2v) is 6.29. The molecule has 0 aliphatic rings. The van der Waals surface area contributed by atoms with Gasteiger partial charge in [-0.1, -0.05) is 41.9 Å². The van der Waals surface area contributed by atoms with Gasteiger partial charge in [-0.2, -0.15) is 0 Å². The van der Waals surface area contributed by atoms with Crippen molar-refractivity contribution < 1.29 is 0 Å². The summed E-state index contributed by atoms with van der Waals surface area (Å²) in [4.78, 5) is 7.45. The number of nitrogens with zero attached hydrogens (tertiary/aromatic N) is 2. The lowest BCUT2D eigenvalue weighted by Crippen LogP contribution is -2.11. The molecule has 0 unspecified atom stereocenters. The van der Waals surface area contributed by atoms with E-state index in [-0.39, 0.29) is 6.04 Å². The summed E-state index contributed by atoms with van der Waals surface area (Å²) < 4.78 is 2.08. The Morgan fingerprint density at radius 3 is 2.52 bits per heavy atom. The Kier molecular flexibility index (Phi) is 4.04. The average molecular weight is 349 g/mol. The van der Waals surface area contributed by atoms with Crippen LogP contribution in [0, 0.1) is 0 Å². The molecule has 124 valence electrons. The van der Waals surface area contributed by atoms with Crippen LogP contribution in [0.4, 0.5) is 5.69 Å². The number of hydrogen-bond acceptors (Lipinski definition) is 2. The Hall–Kier alpha value is -2.98. The van der Waals surface area contributed by atoms with Gasteiger partial charge in [-0.15, -0.1) is 0 Å². The molecule has 25 heavy (non-hydrogen) atoms. The molecule has 4 aromatic rings. The second-order valence-electron chi connectivity index (χ2n) is 5.88. The third-order valence-electron chi connectivity index (χ3n) is 4.31. The van der Waals surface area contributed by atoms with Crippen LogP contribution in [0.1, 0.15) is 17.2 Å². The van der Waals surface area contributed by atoms with Gasteiger partial charge in [0.1, 0.15) is 0 Å². The van der Waals surface area contributed by atoms with E-state index in [0.29, 0.717) is 0 Å². The van der Waals surface area contributed by atoms with E-state index in [2.05, 4.69) is 14.5 Å². The van der Waals surface area contributed by atoms with Crippen LogP contribution in [0.5, 0.6) is 0 Å². The molecule has 0 saturated heterocycles. The summed E-state index contributed by atoms with van der Waals surface area (Å²) in [6.45, 7) is 0. The van der Waals surface area contributed by atoms with Crippen molar-refractivity contribution in [2.75, 3.05) is 5.73 Å². The van der Waals surface area contributed by atoms with Crippen molar-refractivity contribution >= 4 is 17.3 Å². The average Bonchev–Trinajstić information content (AvgIpc) is 3.30. The van der Waals surface area contributed by atoms with Gasteiger partial charge in [0.15, 0.2) is 0 Å². The fraction of sp³-hybridized carbons (Fsp3) is 0.0500. The molecule has 0 saturated carbocycles. The Bertz CT molecular complexity index is 971. The Balaban J connectivity index is 1.89. The number of rotatable bonds is 4. The summed E-state index contributed by atoms with van der Waals surface area (Å²) in [5.74, 6) is 0. The first-order valence-electron chi connectivity index (χ1n) is 7.98. The third-order valence-corrected chi connectivity index (χ3v) is 4.64. The van der Waals surface area contributed by atoms with E-state index in [1.54, 1.807) is 6.20 Å². The molecule has 2 aromatic carbocycles. The Morgan fingerprint density at radius 1 is 1.00 bits per heavy atom. The molecule has 0 radical (unpaired) electrons. The fourth-order valence-corrected chi connectivity index (χ4v) is 3.37. The van der Waals surface area contributed by atoms with Gasteiger partial charge < -0.3 is 15.3 Å². The van der Waals surface area contributed by atoms with Gasteiger partial charge in [0, 0.05) is 52.2 Å². The van der Waals surface area contributed by atoms with Crippen molar-refractivity contribution in [1.29, 1.82) is 0 Å². The maximum atomic E-state index is 6.43. The van der Waals surface area contributed by atoms with E-state index in [1.165, 1.54) is 0 Å². The number of nitrogens with one attached hydrogen (secondary N) is 1. The number of halogens is 1. The Morgan fingerprint density at radius 2 is 1.80 bits per heavy atom. The van der Waals surface area contributed by atoms with Crippen LogP contribution in [0.3, 0.4) is 0 Å². The summed E-state index contributed by atoms with van der Waals surface area (Å²) in [5, 5.41) is 0.727. The minimum Gasteiger partial charge on any atom is -0.399 e. The van der Waals surface area contributed by atoms with Crippen molar-refractivity contribution in [1.82, 2.24) is 14.5 Å². The van der Waals surface area contributed by atoms with Crippen LogP contribution in [0.2, 0.25) is 5.02 Å². The number of benzene rings is 2. The normalized spacial score (nSPS) is 12.2. The maximum Gasteiger partial charge on any atom is 0.0954 e. The molecule has 0 bridgehead atoms. The van der Waals surface area contributed by atoms with Crippen molar-refractivity contribution in [3.05, 3.63) is 95.8 Å². The number of nitrogen functional groups attached to an aromatic ring is 1. The van der Waals surface area contributed by atoms with Crippen LogP contribution in [0.15, 0.2) is 79.6 Å². The smallest absolute Gasteiger partial charge is 0.0954 e. The first-order valence-corrected chi connectivity index (χ1v) is 8.36. The highest BCUT2D eigenvalue weighted by molar-refractivity contribution is 6.33. The predicted molar refractivity (Wildman–Crippen MR) is 102 cm³/mol. The van der Waals surface area contributed by atoms with E-state index in [4.69, 9.17) is 17.3 Å². The van der Waals surface area contributed by atoms with Gasteiger partial charge in [-0.05, 0) is 23.8 Å². The van der Waals surface area contributed by atoms with Crippen molar-refractivity contribution in [2.45, 2.75) is 6.04 Å². The van der Waals surface area contributed by atoms with Crippen LogP contribution in [0.25, 0.3) is 11.1 Å². The van der Waals surface area contributed by atoms with Crippen LogP contribution < -0.4 is 5.73 Å². The first-order chi connectivity index (χ1) is 12.2. The zero-order valence-electron chi connectivity index (χ0n) is 13.4. The molecule has 0 aliphatic carbocycles. The second kappa shape index (κ2) is 6.49. The van der Waals surface area contributed by atoms with Crippen LogP contribution in [-0.4, -0.2) is 14.5 Å². The summed E-state index contributed by atoms with van der Waals surface area (Å²) in [6.07, 6.45) is 9.57. The number of hydrogen-bond donors (Lipinski definition) is 2. The molecule has 5 heteroatoms. The number of aromatic amines is 1. The zero-order valence-corrected chi connectivity index (χ0v) is 14.2. The first kappa shape index (κ1) is 15.5. The Labute approximate surface area is 150 Å². The minimum atomic E-state index is -0.0272. The van der Waals surface area contributed by atoms with Gasteiger partial charge in [0.05, 0.1) is 12.4 Å². The lowest BCUT2D eigenvalue weighted by Gasteiger charge is -2.20. The molecule has 0 aliphatic heterocycles. The van der Waals surface area contributed by atoms with E-state index in [9.17, 15) is 0 Å². The topological polar surface area (TPSA) is 59.6 Å². The van der Waals surface area contributed by atoms with Gasteiger partial charge in [0.2, 0.25) is 0 Å². The number of imidazole rings is 1. The predicted octanol–water partition coefficient (Wildman–Crippen LogP) is 4.75. The van der Waals surface area contributed by atoms with E-state index in [0.717, 1.165) is 33.0 Å². The highest BCUT2D eigenvalue weighted by Gasteiger charge is 2.21. The molecule has 0 amide bonds. The lowest BCUT2D eigenvalue weighted by atomic mass is 9.94. The quantitative estimate of drug-likeness (QED) is 0.523. The highest BCUT2D eigenvalue weighted by Crippen LogP contribution is 2.37. The number of anilines is 1. The molecule has 0 spiro atoms. The molecular formula is C20H17ClN4. The van der Waals surface area contributed by atoms with E-state index in [1.807, 2.05) is 73.4 Å². The number of nitrogens with two attached hydrogens (primary N) is 1. The zero-order chi connectivity index (χ0) is 17.2. The molecule has 4 nitrogen and oxygen atoms in total. The molecule has 1 atom stereocenters. The van der Waals surface area contributed by atoms with Crippen molar-refractivity contribution in [2.24, 2.45) is 0 Å². The maximum absolute atomic E-state index is 6.43. The van der Waals surface area contributed by atoms with Crippen molar-refractivity contribution in [3.8, 4) is 11.1 Å². The summed E-state index contributed by atoms with van der Waals surface area (Å²) in [7, 11) is 0. The summed E-state index contributed by atoms with van der Waals surface area (Å²) >= 11 is 6.43. The molecule has 2 aromatic heterocycles. The highest BCUT2D eigenvalue weighted by atomic mass is 35.5. The molecule has 3 N–H and O–H groups in total. The molecule has 2 heterocycles. The summed E-state index contributed by atoms with van der Waals surface area (Å²) in [5.41, 5.74) is 10.9. The lowest BCUT2D eigenvalue weighted by molar-refractivity contribution is 0.679. The monoisotopic (exact) mass is 348 g/mol. The van der Waals surface area contributed by atoms with Gasteiger partial charge in [0.25, 0.3) is 0 Å². The van der Waals surface area contributed by atoms with Crippen molar-refractivity contribution in [3.63, 3.8) is 0 Å². The SMILES string of the molecule is Nc1ccc([C@H](c2c[nH]cc2-c2ccccc2Cl)n2ccnc2)cc1. The summed E-state index contributed by atoms with van der Waals surface area (Å²) in [6, 6.07) is 15.8. The fourth-order valence-electron chi connectivity index (χ4n) is 3.13. The van der Waals surface area contributed by atoms with Crippen LogP contribution >= 0.6 is 11.6 Å². The molecular weight excluding hydrogens is 332 g/mol. The number of H-pyrrole nitrogens is 1. The van der Waals surface area contributed by atoms with Gasteiger partial charge >= 0.3 is 0 Å². The largest absolute Gasteiger partial charge is 0.399 e. The van der Waals surface area contributed by atoms with E-state index < -0.39 is 0 Å². The molecule has 0 fully saturated rings. The van der Waals surface area contributed by atoms with Crippen LogP contribution in [-0.2, 0) is 0 Å². The molecule has 4 rings (SSSR count). The number of aromatic nitrogens is 3. The minimum absolute atomic E-state index is 0.0272. The standard InChI is InChI=1S/C20H17ClN4/c21-19-4-2-1-3-16(19)17-11-24-12-18(17)20(25-10-9-23-13-25)14-5-7-15(22)8-6-14/h1-13,20,24H,22H2/t20-/m1/s1. The van der Waals surface area contributed by atoms with Gasteiger partial charge in [-0.25, -0.2) is 4.98 Å². The third kappa shape index (κ3) is 2.92. The van der Waals surface area contributed by atoms with Gasteiger partial charge in [-0.3, -0.25) is 0 Å². The van der Waals surface area contributed by atoms with E-state index >= 15 is 0 Å².